The molecule has 0 aliphatic rings. The van der Waals surface area contributed by atoms with Gasteiger partial charge in [0.2, 0.25) is 35.4 Å². The Morgan fingerprint density at radius 3 is 1.59 bits per heavy atom. The van der Waals surface area contributed by atoms with E-state index in [9.17, 15) is 63.9 Å². The molecule has 0 spiro atoms. The van der Waals surface area contributed by atoms with Crippen molar-refractivity contribution < 1.29 is 63.9 Å². The van der Waals surface area contributed by atoms with Crippen molar-refractivity contribution in [1.82, 2.24) is 31.9 Å². The van der Waals surface area contributed by atoms with Gasteiger partial charge in [0.05, 0.1) is 18.2 Å². The van der Waals surface area contributed by atoms with Crippen molar-refractivity contribution in [2.45, 2.75) is 129 Å². The molecule has 0 fully saturated rings. The molecule has 0 saturated carbocycles. The van der Waals surface area contributed by atoms with Crippen LogP contribution in [0.25, 0.3) is 0 Å². The fraction of sp³-hybridized carbons (Fsp3) is 0.611. The van der Waals surface area contributed by atoms with E-state index < -0.39 is 121 Å². The van der Waals surface area contributed by atoms with Gasteiger partial charge in [-0.2, -0.15) is 0 Å². The number of phenolic OH excluding ortho intramolecular Hbond substituents is 1. The number of carbonyl (C=O) groups excluding carboxylic acids is 6. The van der Waals surface area contributed by atoms with Crippen LogP contribution in [-0.2, 0) is 44.8 Å². The molecule has 0 heterocycles. The van der Waals surface area contributed by atoms with Crippen LogP contribution in [0.4, 0.5) is 0 Å². The van der Waals surface area contributed by atoms with E-state index in [2.05, 4.69) is 31.9 Å². The molecular weight excluding hydrogens is 738 g/mol. The van der Waals surface area contributed by atoms with E-state index >= 15 is 0 Å². The fourth-order valence-electron chi connectivity index (χ4n) is 5.14. The maximum absolute atomic E-state index is 13.9. The minimum absolute atomic E-state index is 0.0991. The molecule has 6 amide bonds. The molecule has 0 saturated heterocycles. The molecule has 20 heteroatoms. The quantitative estimate of drug-likeness (QED) is 0.0550. The van der Waals surface area contributed by atoms with E-state index in [1.165, 1.54) is 38.1 Å². The predicted octanol–water partition coefficient (Wildman–Crippen LogP) is -2.40. The third-order valence-electron chi connectivity index (χ3n) is 8.96. The minimum Gasteiger partial charge on any atom is -0.508 e. The number of carboxylic acids is 2. The number of carboxylic acid groups (broad SMARTS) is 2. The van der Waals surface area contributed by atoms with Crippen molar-refractivity contribution in [3.8, 4) is 5.75 Å². The molecule has 0 aliphatic carbocycles. The Balaban J connectivity index is 3.39. The second kappa shape index (κ2) is 22.9. The lowest BCUT2D eigenvalue weighted by atomic mass is 9.98. The summed E-state index contributed by atoms with van der Waals surface area (Å²) in [5.74, 6) is -9.39. The fourth-order valence-corrected chi connectivity index (χ4v) is 5.14. The van der Waals surface area contributed by atoms with E-state index in [1.54, 1.807) is 27.7 Å². The van der Waals surface area contributed by atoms with E-state index in [0.717, 1.165) is 6.92 Å². The Morgan fingerprint density at radius 1 is 0.625 bits per heavy atom. The van der Waals surface area contributed by atoms with E-state index in [4.69, 9.17) is 5.73 Å². The van der Waals surface area contributed by atoms with Gasteiger partial charge in [0, 0.05) is 12.8 Å². The Morgan fingerprint density at radius 2 is 1.11 bits per heavy atom. The van der Waals surface area contributed by atoms with E-state index in [0.29, 0.717) is 12.0 Å². The minimum atomic E-state index is -1.67. The standard InChI is InChI=1S/C36H57N7O13/c1-8-17(4)26(37)33(52)42-28(19(6)44)35(54)39-23(13-14-25(47)48)31(50)40-24(15-21-9-11-22(46)12-10-21)32(51)41-27(16(2)3)34(53)38-18(5)30(49)43-29(20(7)45)36(55)56/h9-12,16-20,23-24,26-29,44-46H,8,13-15,37H2,1-7H3,(H,38,53)(H,39,54)(H,40,50)(H,41,51)(H,42,52)(H,43,49)(H,47,48)(H,55,56)/t17-,18-,19+,20+,23-,24-,26-,27-,28-,29-/m0/s1. The van der Waals surface area contributed by atoms with Crippen molar-refractivity contribution in [1.29, 1.82) is 0 Å². The lowest BCUT2D eigenvalue weighted by Crippen LogP contribution is -2.62. The number of aliphatic hydroxyl groups is 2. The molecule has 1 aromatic carbocycles. The smallest absolute Gasteiger partial charge is 0.328 e. The van der Waals surface area contributed by atoms with Crippen LogP contribution < -0.4 is 37.6 Å². The lowest BCUT2D eigenvalue weighted by molar-refractivity contribution is -0.145. The first kappa shape index (κ1) is 48.7. The summed E-state index contributed by atoms with van der Waals surface area (Å²) in [7, 11) is 0. The number of benzene rings is 1. The summed E-state index contributed by atoms with van der Waals surface area (Å²) in [5.41, 5.74) is 6.40. The van der Waals surface area contributed by atoms with Gasteiger partial charge in [0.25, 0.3) is 0 Å². The number of phenols is 1. The topological polar surface area (TPSA) is 336 Å². The highest BCUT2D eigenvalue weighted by Gasteiger charge is 2.35. The van der Waals surface area contributed by atoms with Crippen LogP contribution in [0.1, 0.15) is 73.3 Å². The van der Waals surface area contributed by atoms with Gasteiger partial charge in [-0.1, -0.05) is 46.2 Å². The summed E-state index contributed by atoms with van der Waals surface area (Å²) >= 11 is 0. The molecule has 0 unspecified atom stereocenters. The first-order chi connectivity index (χ1) is 26.0. The Hall–Kier alpha value is -5.34. The highest BCUT2D eigenvalue weighted by Crippen LogP contribution is 2.13. The normalized spacial score (nSPS) is 16.6. The summed E-state index contributed by atoms with van der Waals surface area (Å²) in [5, 5.41) is 62.7. The van der Waals surface area contributed by atoms with Crippen LogP contribution >= 0.6 is 0 Å². The maximum atomic E-state index is 13.9. The predicted molar refractivity (Wildman–Crippen MR) is 199 cm³/mol. The molecule has 1 aromatic rings. The van der Waals surface area contributed by atoms with Crippen LogP contribution in [0.5, 0.6) is 5.75 Å². The van der Waals surface area contributed by atoms with Crippen LogP contribution in [0, 0.1) is 11.8 Å². The molecule has 0 radical (unpaired) electrons. The molecule has 314 valence electrons. The Kier molecular flexibility index (Phi) is 19.9. The van der Waals surface area contributed by atoms with Crippen molar-refractivity contribution in [2.75, 3.05) is 0 Å². The Labute approximate surface area is 324 Å². The molecule has 10 atom stereocenters. The zero-order valence-electron chi connectivity index (χ0n) is 32.6. The maximum Gasteiger partial charge on any atom is 0.328 e. The lowest BCUT2D eigenvalue weighted by Gasteiger charge is -2.29. The number of aliphatic hydroxyl groups excluding tert-OH is 2. The molecule has 0 bridgehead atoms. The number of aliphatic carboxylic acids is 2. The van der Waals surface area contributed by atoms with Crippen molar-refractivity contribution in [3.63, 3.8) is 0 Å². The SMILES string of the molecule is CC[C@H](C)[C@H](N)C(=O)N[C@H](C(=O)N[C@@H](CCC(=O)O)C(=O)N[C@@H](Cc1ccc(O)cc1)C(=O)N[C@H](C(=O)N[C@@H](C)C(=O)N[C@H](C(=O)O)[C@@H](C)O)C(C)C)[C@@H](C)O. The largest absolute Gasteiger partial charge is 0.508 e. The second-order valence-corrected chi connectivity index (χ2v) is 14.1. The van der Waals surface area contributed by atoms with Gasteiger partial charge in [-0.15, -0.1) is 0 Å². The zero-order valence-corrected chi connectivity index (χ0v) is 32.6. The van der Waals surface area contributed by atoms with Gasteiger partial charge in [-0.05, 0) is 56.7 Å². The van der Waals surface area contributed by atoms with Crippen molar-refractivity contribution in [2.24, 2.45) is 17.6 Å². The number of nitrogens with one attached hydrogen (secondary N) is 6. The summed E-state index contributed by atoms with van der Waals surface area (Å²) in [6.07, 6.45) is -3.75. The van der Waals surface area contributed by atoms with Gasteiger partial charge in [-0.3, -0.25) is 33.6 Å². The first-order valence-corrected chi connectivity index (χ1v) is 18.2. The summed E-state index contributed by atoms with van der Waals surface area (Å²) in [6, 6.07) is -4.51. The highest BCUT2D eigenvalue weighted by molar-refractivity contribution is 5.97. The molecule has 56 heavy (non-hydrogen) atoms. The average Bonchev–Trinajstić information content (AvgIpc) is 3.11. The number of rotatable bonds is 23. The molecule has 13 N–H and O–H groups in total. The van der Waals surface area contributed by atoms with Gasteiger partial charge in [0.1, 0.15) is 36.0 Å². The van der Waals surface area contributed by atoms with Crippen LogP contribution in [0.2, 0.25) is 0 Å². The number of aromatic hydroxyl groups is 1. The summed E-state index contributed by atoms with van der Waals surface area (Å²) < 4.78 is 0. The van der Waals surface area contributed by atoms with Crippen molar-refractivity contribution >= 4 is 47.4 Å². The Bertz CT molecular complexity index is 1540. The summed E-state index contributed by atoms with van der Waals surface area (Å²) in [4.78, 5) is 103. The van der Waals surface area contributed by atoms with Crippen LogP contribution in [-0.4, -0.2) is 127 Å². The van der Waals surface area contributed by atoms with Gasteiger partial charge >= 0.3 is 11.9 Å². The number of hydrogen-bond acceptors (Lipinski definition) is 12. The van der Waals surface area contributed by atoms with Crippen LogP contribution in [0.15, 0.2) is 24.3 Å². The van der Waals surface area contributed by atoms with E-state index in [-0.39, 0.29) is 18.1 Å². The first-order valence-electron chi connectivity index (χ1n) is 18.2. The van der Waals surface area contributed by atoms with E-state index in [1.807, 2.05) is 0 Å². The van der Waals surface area contributed by atoms with Gasteiger partial charge in [-0.25, -0.2) is 4.79 Å². The summed E-state index contributed by atoms with van der Waals surface area (Å²) in [6.45, 7) is 10.3. The molecule has 20 nitrogen and oxygen atoms in total. The van der Waals surface area contributed by atoms with Gasteiger partial charge < -0.3 is 63.2 Å². The van der Waals surface area contributed by atoms with Crippen molar-refractivity contribution in [3.05, 3.63) is 29.8 Å². The zero-order chi connectivity index (χ0) is 43.0. The number of nitrogens with two attached hydrogens (primary N) is 1. The van der Waals surface area contributed by atoms with Gasteiger partial charge in [0.15, 0.2) is 6.04 Å². The molecule has 0 aromatic heterocycles. The third-order valence-corrected chi connectivity index (χ3v) is 8.96. The number of amides is 6. The van der Waals surface area contributed by atoms with Crippen LogP contribution in [0.3, 0.4) is 0 Å². The highest BCUT2D eigenvalue weighted by atomic mass is 16.4. The molecule has 0 aliphatic heterocycles. The molecular formula is C36H57N7O13. The molecule has 1 rings (SSSR count). The average molecular weight is 796 g/mol. The monoisotopic (exact) mass is 795 g/mol. The third kappa shape index (κ3) is 15.8. The second-order valence-electron chi connectivity index (χ2n) is 14.1. The number of hydrogen-bond donors (Lipinski definition) is 12. The number of carbonyl (C=O) groups is 8.